The van der Waals surface area contributed by atoms with Crippen molar-refractivity contribution in [2.24, 2.45) is 0 Å². The van der Waals surface area contributed by atoms with E-state index in [1.54, 1.807) is 12.1 Å². The van der Waals surface area contributed by atoms with Crippen LogP contribution in [0, 0.1) is 0 Å². The number of carbonyl (C=O) groups excluding carboxylic acids is 2. The number of nitrogens with one attached hydrogen (secondary N) is 2. The predicted molar refractivity (Wildman–Crippen MR) is 90.4 cm³/mol. The summed E-state index contributed by atoms with van der Waals surface area (Å²) in [7, 11) is -1.53. The first-order valence-corrected chi connectivity index (χ1v) is 8.05. The van der Waals surface area contributed by atoms with E-state index < -0.39 is 7.12 Å². The lowest BCUT2D eigenvalue weighted by molar-refractivity contribution is -0.121. The summed E-state index contributed by atoms with van der Waals surface area (Å²) < 4.78 is 0. The maximum absolute atomic E-state index is 11.9. The molecule has 126 valence electrons. The van der Waals surface area contributed by atoms with Crippen LogP contribution in [0.5, 0.6) is 0 Å². The third-order valence-corrected chi connectivity index (χ3v) is 3.44. The molecular formula is C16H25BN2O4. The fourth-order valence-electron chi connectivity index (χ4n) is 2.01. The average Bonchev–Trinajstić information content (AvgIpc) is 2.54. The van der Waals surface area contributed by atoms with E-state index in [-0.39, 0.29) is 11.8 Å². The van der Waals surface area contributed by atoms with E-state index in [2.05, 4.69) is 17.6 Å². The zero-order valence-electron chi connectivity index (χ0n) is 13.5. The summed E-state index contributed by atoms with van der Waals surface area (Å²) >= 11 is 0. The number of carbonyl (C=O) groups is 2. The van der Waals surface area contributed by atoms with Gasteiger partial charge in [0.2, 0.25) is 5.91 Å². The summed E-state index contributed by atoms with van der Waals surface area (Å²) in [5.74, 6) is -0.153. The number of unbranched alkanes of at least 4 members (excludes halogenated alkanes) is 2. The minimum Gasteiger partial charge on any atom is -0.423 e. The Morgan fingerprint density at radius 2 is 1.65 bits per heavy atom. The highest BCUT2D eigenvalue weighted by molar-refractivity contribution is 6.58. The van der Waals surface area contributed by atoms with Gasteiger partial charge in [-0.05, 0) is 36.9 Å². The Bertz CT molecular complexity index is 491. The molecule has 0 fully saturated rings. The maximum Gasteiger partial charge on any atom is 0.488 e. The second-order valence-electron chi connectivity index (χ2n) is 5.41. The van der Waals surface area contributed by atoms with Crippen LogP contribution in [0.25, 0.3) is 0 Å². The van der Waals surface area contributed by atoms with Gasteiger partial charge < -0.3 is 20.7 Å². The molecule has 6 nitrogen and oxygen atoms in total. The molecule has 1 rings (SSSR count). The number of hydrogen-bond donors (Lipinski definition) is 4. The second kappa shape index (κ2) is 10.8. The fraction of sp³-hybridized carbons (Fsp3) is 0.500. The van der Waals surface area contributed by atoms with Gasteiger partial charge in [-0.2, -0.15) is 0 Å². The van der Waals surface area contributed by atoms with Crippen molar-refractivity contribution in [2.75, 3.05) is 13.1 Å². The van der Waals surface area contributed by atoms with Crippen molar-refractivity contribution in [2.45, 2.75) is 39.0 Å². The van der Waals surface area contributed by atoms with Crippen LogP contribution in [0.2, 0.25) is 0 Å². The standard InChI is InChI=1S/C16H25BN2O4/c1-2-3-11-18-15(20)6-4-5-12-19-16(21)13-7-9-14(10-8-13)17(22)23/h7-10,22-23H,2-6,11-12H2,1H3,(H,18,20)(H,19,21). The first kappa shape index (κ1) is 19.2. The number of amides is 2. The van der Waals surface area contributed by atoms with E-state index in [1.165, 1.54) is 12.1 Å². The predicted octanol–water partition coefficient (Wildman–Crippen LogP) is 0.183. The molecule has 0 bridgehead atoms. The SMILES string of the molecule is CCCCNC(=O)CCCCNC(=O)c1ccc(B(O)O)cc1. The molecule has 0 aliphatic rings. The topological polar surface area (TPSA) is 98.7 Å². The van der Waals surface area contributed by atoms with Gasteiger partial charge in [-0.15, -0.1) is 0 Å². The summed E-state index contributed by atoms with van der Waals surface area (Å²) in [6, 6.07) is 6.09. The van der Waals surface area contributed by atoms with Crippen LogP contribution in [0.1, 0.15) is 49.4 Å². The number of benzene rings is 1. The van der Waals surface area contributed by atoms with Crippen LogP contribution in [-0.2, 0) is 4.79 Å². The van der Waals surface area contributed by atoms with Crippen molar-refractivity contribution in [3.05, 3.63) is 29.8 Å². The third kappa shape index (κ3) is 7.81. The largest absolute Gasteiger partial charge is 0.488 e. The average molecular weight is 320 g/mol. The van der Waals surface area contributed by atoms with E-state index in [0.717, 1.165) is 32.2 Å². The first-order chi connectivity index (χ1) is 11.0. The van der Waals surface area contributed by atoms with Crippen molar-refractivity contribution in [1.29, 1.82) is 0 Å². The van der Waals surface area contributed by atoms with Crippen molar-refractivity contribution < 1.29 is 19.6 Å². The molecule has 1 aromatic rings. The Balaban J connectivity index is 2.18. The first-order valence-electron chi connectivity index (χ1n) is 8.05. The molecule has 0 spiro atoms. The molecule has 0 aromatic heterocycles. The molecule has 0 atom stereocenters. The lowest BCUT2D eigenvalue weighted by Gasteiger charge is -2.07. The summed E-state index contributed by atoms with van der Waals surface area (Å²) in [6.45, 7) is 3.31. The molecule has 7 heteroatoms. The molecule has 2 amide bonds. The van der Waals surface area contributed by atoms with Gasteiger partial charge in [0.15, 0.2) is 0 Å². The zero-order valence-corrected chi connectivity index (χ0v) is 13.5. The van der Waals surface area contributed by atoms with Gasteiger partial charge in [-0.1, -0.05) is 25.5 Å². The van der Waals surface area contributed by atoms with Crippen molar-refractivity contribution in [3.8, 4) is 0 Å². The van der Waals surface area contributed by atoms with Crippen LogP contribution in [0.4, 0.5) is 0 Å². The Hall–Kier alpha value is -1.86. The monoisotopic (exact) mass is 320 g/mol. The molecule has 0 unspecified atom stereocenters. The highest BCUT2D eigenvalue weighted by Crippen LogP contribution is 1.99. The third-order valence-electron chi connectivity index (χ3n) is 3.44. The van der Waals surface area contributed by atoms with Gasteiger partial charge in [0, 0.05) is 25.1 Å². The van der Waals surface area contributed by atoms with Gasteiger partial charge in [0.05, 0.1) is 0 Å². The lowest BCUT2D eigenvalue weighted by atomic mass is 9.80. The van der Waals surface area contributed by atoms with Gasteiger partial charge in [0.25, 0.3) is 5.91 Å². The second-order valence-corrected chi connectivity index (χ2v) is 5.41. The summed E-state index contributed by atoms with van der Waals surface area (Å²) in [6.07, 6.45) is 4.00. The summed E-state index contributed by atoms with van der Waals surface area (Å²) in [5, 5.41) is 23.6. The molecule has 1 aromatic carbocycles. The van der Waals surface area contributed by atoms with E-state index in [9.17, 15) is 9.59 Å². The normalized spacial score (nSPS) is 10.2. The number of hydrogen-bond acceptors (Lipinski definition) is 4. The maximum atomic E-state index is 11.9. The van der Waals surface area contributed by atoms with Crippen LogP contribution in [0.3, 0.4) is 0 Å². The highest BCUT2D eigenvalue weighted by Gasteiger charge is 2.11. The summed E-state index contributed by atoms with van der Waals surface area (Å²) in [5.41, 5.74) is 0.808. The van der Waals surface area contributed by atoms with Crippen LogP contribution in [0.15, 0.2) is 24.3 Å². The Morgan fingerprint density at radius 3 is 2.26 bits per heavy atom. The van der Waals surface area contributed by atoms with E-state index >= 15 is 0 Å². The minimum atomic E-state index is -1.53. The Labute approximate surface area is 137 Å². The van der Waals surface area contributed by atoms with Crippen molar-refractivity contribution in [1.82, 2.24) is 10.6 Å². The Kier molecular flexibility index (Phi) is 9.01. The smallest absolute Gasteiger partial charge is 0.423 e. The molecule has 0 heterocycles. The van der Waals surface area contributed by atoms with E-state index in [4.69, 9.17) is 10.0 Å². The van der Waals surface area contributed by atoms with E-state index in [0.29, 0.717) is 24.0 Å². The molecule has 0 saturated carbocycles. The molecule has 23 heavy (non-hydrogen) atoms. The van der Waals surface area contributed by atoms with E-state index in [1.807, 2.05) is 0 Å². The molecule has 4 N–H and O–H groups in total. The van der Waals surface area contributed by atoms with Crippen molar-refractivity contribution >= 4 is 24.4 Å². The molecule has 0 aliphatic heterocycles. The molecule has 0 saturated heterocycles. The van der Waals surface area contributed by atoms with Crippen LogP contribution < -0.4 is 16.1 Å². The Morgan fingerprint density at radius 1 is 1.00 bits per heavy atom. The minimum absolute atomic E-state index is 0.0583. The number of rotatable bonds is 10. The van der Waals surface area contributed by atoms with Gasteiger partial charge in [0.1, 0.15) is 0 Å². The van der Waals surface area contributed by atoms with Crippen molar-refractivity contribution in [3.63, 3.8) is 0 Å². The van der Waals surface area contributed by atoms with Gasteiger partial charge in [-0.25, -0.2) is 0 Å². The quantitative estimate of drug-likeness (QED) is 0.365. The highest BCUT2D eigenvalue weighted by atomic mass is 16.4. The lowest BCUT2D eigenvalue weighted by Crippen LogP contribution is -2.30. The van der Waals surface area contributed by atoms with Gasteiger partial charge in [-0.3, -0.25) is 9.59 Å². The fourth-order valence-corrected chi connectivity index (χ4v) is 2.01. The zero-order chi connectivity index (χ0) is 17.1. The molecule has 0 radical (unpaired) electrons. The van der Waals surface area contributed by atoms with Gasteiger partial charge >= 0.3 is 7.12 Å². The van der Waals surface area contributed by atoms with Crippen LogP contribution in [-0.4, -0.2) is 42.1 Å². The molecular weight excluding hydrogens is 295 g/mol. The molecule has 0 aliphatic carbocycles. The summed E-state index contributed by atoms with van der Waals surface area (Å²) in [4.78, 5) is 23.4. The van der Waals surface area contributed by atoms with Crippen LogP contribution >= 0.6 is 0 Å².